The van der Waals surface area contributed by atoms with E-state index < -0.39 is 11.8 Å². The average molecular weight is 201 g/mol. The molecule has 2 amide bonds. The predicted octanol–water partition coefficient (Wildman–Crippen LogP) is -1.41. The Hall–Kier alpha value is -1.27. The van der Waals surface area contributed by atoms with Crippen molar-refractivity contribution >= 4 is 17.6 Å². The van der Waals surface area contributed by atoms with Gasteiger partial charge < -0.3 is 9.47 Å². The second-order valence-electron chi connectivity index (χ2n) is 2.84. The molecular formula is C8H11NO5. The lowest BCUT2D eigenvalue weighted by Gasteiger charge is -2.23. The minimum atomic E-state index is -0.481. The number of ether oxygens (including phenoxy) is 2. The van der Waals surface area contributed by atoms with Crippen molar-refractivity contribution in [3.05, 3.63) is 0 Å². The molecule has 6 heteroatoms. The molecule has 6 nitrogen and oxygen atoms in total. The van der Waals surface area contributed by atoms with Crippen LogP contribution in [-0.2, 0) is 23.9 Å². The third-order valence-corrected chi connectivity index (χ3v) is 1.69. The smallest absolute Gasteiger partial charge is 0.255 e. The molecule has 0 aromatic rings. The van der Waals surface area contributed by atoms with E-state index in [0.717, 1.165) is 4.90 Å². The summed E-state index contributed by atoms with van der Waals surface area (Å²) in [5.41, 5.74) is 0. The fraction of sp³-hybridized carbons (Fsp3) is 0.625. The molecule has 1 fully saturated rings. The van der Waals surface area contributed by atoms with E-state index in [9.17, 15) is 14.4 Å². The molecular weight excluding hydrogens is 190 g/mol. The second-order valence-corrected chi connectivity index (χ2v) is 2.84. The zero-order chi connectivity index (χ0) is 10.6. The molecule has 1 aliphatic rings. The normalized spacial score (nSPS) is 17.4. The summed E-state index contributed by atoms with van der Waals surface area (Å²) in [7, 11) is 1.38. The molecule has 0 saturated carbocycles. The SMILES string of the molecule is COCC(=O)CN1C(=O)COCC1=O. The number of imide groups is 1. The molecule has 1 aliphatic heterocycles. The maximum absolute atomic E-state index is 11.1. The highest BCUT2D eigenvalue weighted by molar-refractivity contribution is 6.01. The Labute approximate surface area is 80.8 Å². The van der Waals surface area contributed by atoms with Crippen LogP contribution in [0.15, 0.2) is 0 Å². The van der Waals surface area contributed by atoms with Crippen molar-refractivity contribution < 1.29 is 23.9 Å². The first-order chi connectivity index (χ1) is 6.65. The van der Waals surface area contributed by atoms with Gasteiger partial charge in [0.2, 0.25) is 0 Å². The maximum atomic E-state index is 11.1. The van der Waals surface area contributed by atoms with Crippen LogP contribution < -0.4 is 0 Å². The van der Waals surface area contributed by atoms with Crippen LogP contribution in [0.5, 0.6) is 0 Å². The number of ketones is 1. The molecule has 1 saturated heterocycles. The molecule has 0 spiro atoms. The molecule has 14 heavy (non-hydrogen) atoms. The molecule has 1 rings (SSSR count). The van der Waals surface area contributed by atoms with Crippen molar-refractivity contribution in [2.75, 3.05) is 33.5 Å². The van der Waals surface area contributed by atoms with Crippen LogP contribution in [0.4, 0.5) is 0 Å². The van der Waals surface area contributed by atoms with Gasteiger partial charge in [-0.2, -0.15) is 0 Å². The van der Waals surface area contributed by atoms with Crippen LogP contribution in [0, 0.1) is 0 Å². The monoisotopic (exact) mass is 201 g/mol. The molecule has 0 radical (unpaired) electrons. The Morgan fingerprint density at radius 3 is 2.50 bits per heavy atom. The van der Waals surface area contributed by atoms with Gasteiger partial charge in [-0.05, 0) is 0 Å². The number of carbonyl (C=O) groups excluding carboxylic acids is 3. The molecule has 1 heterocycles. The molecule has 0 aromatic carbocycles. The van der Waals surface area contributed by atoms with E-state index in [-0.39, 0.29) is 32.1 Å². The van der Waals surface area contributed by atoms with E-state index in [1.54, 1.807) is 0 Å². The minimum Gasteiger partial charge on any atom is -0.377 e. The van der Waals surface area contributed by atoms with E-state index in [4.69, 9.17) is 0 Å². The van der Waals surface area contributed by atoms with Crippen LogP contribution in [0.1, 0.15) is 0 Å². The summed E-state index contributed by atoms with van der Waals surface area (Å²) in [5, 5.41) is 0. The topological polar surface area (TPSA) is 72.9 Å². The summed E-state index contributed by atoms with van der Waals surface area (Å²) in [6, 6.07) is 0. The standard InChI is InChI=1S/C8H11NO5/c1-13-3-6(10)2-9-7(11)4-14-5-8(9)12/h2-5H2,1H3. The summed E-state index contributed by atoms with van der Waals surface area (Å²) in [6.45, 7) is -0.620. The predicted molar refractivity (Wildman–Crippen MR) is 44.4 cm³/mol. The first-order valence-electron chi connectivity index (χ1n) is 4.06. The lowest BCUT2D eigenvalue weighted by molar-refractivity contribution is -0.160. The largest absolute Gasteiger partial charge is 0.377 e. The first kappa shape index (κ1) is 10.8. The minimum absolute atomic E-state index is 0.0993. The number of carbonyl (C=O) groups is 3. The van der Waals surface area contributed by atoms with E-state index >= 15 is 0 Å². The number of methoxy groups -OCH3 is 1. The zero-order valence-electron chi connectivity index (χ0n) is 7.82. The highest BCUT2D eigenvalue weighted by Crippen LogP contribution is 2.00. The van der Waals surface area contributed by atoms with Gasteiger partial charge in [-0.3, -0.25) is 19.3 Å². The van der Waals surface area contributed by atoms with Gasteiger partial charge in [-0.25, -0.2) is 0 Å². The van der Waals surface area contributed by atoms with Gasteiger partial charge in [0, 0.05) is 7.11 Å². The van der Waals surface area contributed by atoms with Gasteiger partial charge in [-0.1, -0.05) is 0 Å². The van der Waals surface area contributed by atoms with Gasteiger partial charge >= 0.3 is 0 Å². The first-order valence-corrected chi connectivity index (χ1v) is 4.06. The number of rotatable bonds is 4. The fourth-order valence-electron chi connectivity index (χ4n) is 1.08. The summed E-state index contributed by atoms with van der Waals surface area (Å²) < 4.78 is 9.27. The summed E-state index contributed by atoms with van der Waals surface area (Å²) in [5.74, 6) is -1.27. The van der Waals surface area contributed by atoms with Crippen molar-refractivity contribution in [2.24, 2.45) is 0 Å². The van der Waals surface area contributed by atoms with Crippen LogP contribution in [0.25, 0.3) is 0 Å². The summed E-state index contributed by atoms with van der Waals surface area (Å²) >= 11 is 0. The third-order valence-electron chi connectivity index (χ3n) is 1.69. The Kier molecular flexibility index (Phi) is 3.73. The molecule has 0 aromatic heterocycles. The van der Waals surface area contributed by atoms with Crippen molar-refractivity contribution in [3.63, 3.8) is 0 Å². The molecule has 0 N–H and O–H groups in total. The number of nitrogens with zero attached hydrogens (tertiary/aromatic N) is 1. The van der Waals surface area contributed by atoms with Crippen LogP contribution in [-0.4, -0.2) is 56.0 Å². The van der Waals surface area contributed by atoms with Crippen molar-refractivity contribution in [2.45, 2.75) is 0 Å². The van der Waals surface area contributed by atoms with E-state index in [0.29, 0.717) is 0 Å². The fourth-order valence-corrected chi connectivity index (χ4v) is 1.08. The third kappa shape index (κ3) is 2.61. The highest BCUT2D eigenvalue weighted by Gasteiger charge is 2.28. The highest BCUT2D eigenvalue weighted by atomic mass is 16.5. The molecule has 0 aliphatic carbocycles. The van der Waals surface area contributed by atoms with Crippen LogP contribution in [0.2, 0.25) is 0 Å². The van der Waals surface area contributed by atoms with Gasteiger partial charge in [0.05, 0.1) is 6.54 Å². The second kappa shape index (κ2) is 4.83. The molecule has 78 valence electrons. The van der Waals surface area contributed by atoms with Gasteiger partial charge in [0.15, 0.2) is 5.78 Å². The number of hydrogen-bond acceptors (Lipinski definition) is 5. The van der Waals surface area contributed by atoms with Crippen molar-refractivity contribution in [3.8, 4) is 0 Å². The molecule has 0 unspecified atom stereocenters. The van der Waals surface area contributed by atoms with E-state index in [2.05, 4.69) is 9.47 Å². The summed E-state index contributed by atoms with van der Waals surface area (Å²) in [4.78, 5) is 34.2. The number of Topliss-reactive ketones (excluding diaryl/α,β-unsaturated/α-hetero) is 1. The Balaban J connectivity index is 2.52. The molecule has 0 atom stereocenters. The molecule has 0 bridgehead atoms. The Bertz CT molecular complexity index is 246. The van der Waals surface area contributed by atoms with Gasteiger partial charge in [0.25, 0.3) is 11.8 Å². The number of morpholine rings is 1. The number of hydrogen-bond donors (Lipinski definition) is 0. The van der Waals surface area contributed by atoms with Crippen molar-refractivity contribution in [1.82, 2.24) is 4.90 Å². The zero-order valence-corrected chi connectivity index (χ0v) is 7.82. The summed E-state index contributed by atoms with van der Waals surface area (Å²) in [6.07, 6.45) is 0. The van der Waals surface area contributed by atoms with Gasteiger partial charge in [-0.15, -0.1) is 0 Å². The quantitative estimate of drug-likeness (QED) is 0.522. The van der Waals surface area contributed by atoms with Crippen molar-refractivity contribution in [1.29, 1.82) is 0 Å². The Morgan fingerprint density at radius 1 is 1.43 bits per heavy atom. The van der Waals surface area contributed by atoms with E-state index in [1.807, 2.05) is 0 Å². The number of amides is 2. The maximum Gasteiger partial charge on any atom is 0.255 e. The lowest BCUT2D eigenvalue weighted by Crippen LogP contribution is -2.48. The lowest BCUT2D eigenvalue weighted by atomic mass is 10.3. The Morgan fingerprint density at radius 2 is 2.00 bits per heavy atom. The van der Waals surface area contributed by atoms with E-state index in [1.165, 1.54) is 7.11 Å². The van der Waals surface area contributed by atoms with Crippen LogP contribution >= 0.6 is 0 Å². The van der Waals surface area contributed by atoms with Crippen LogP contribution in [0.3, 0.4) is 0 Å². The average Bonchev–Trinajstić information content (AvgIpc) is 2.12. The van der Waals surface area contributed by atoms with Gasteiger partial charge in [0.1, 0.15) is 19.8 Å².